The number of nitrogens with zero attached hydrogens (tertiary/aromatic N) is 3. The lowest BCUT2D eigenvalue weighted by molar-refractivity contribution is -0.131. The van der Waals surface area contributed by atoms with Crippen molar-refractivity contribution in [3.8, 4) is 56.9 Å². The topological polar surface area (TPSA) is 250 Å². The number of amides is 4. The molecule has 7 aromatic rings. The average Bonchev–Trinajstić information content (AvgIpc) is 1.83. The lowest BCUT2D eigenvalue weighted by Crippen LogP contribution is -2.43. The first-order chi connectivity index (χ1) is 41.5. The normalized spacial score (nSPS) is 16.8. The van der Waals surface area contributed by atoms with Gasteiger partial charge in [-0.1, -0.05) is 48.5 Å². The molecule has 1 saturated heterocycles. The maximum atomic E-state index is 14.3. The molecule has 2 atom stereocenters. The number of fused-ring (bicyclic) bond motifs is 4. The van der Waals surface area contributed by atoms with Crippen LogP contribution in [0, 0.1) is 23.2 Å². The first-order valence-corrected chi connectivity index (χ1v) is 28.2. The fourth-order valence-corrected chi connectivity index (χ4v) is 11.7. The van der Waals surface area contributed by atoms with Gasteiger partial charge in [-0.05, 0) is 138 Å². The Balaban J connectivity index is 0.757. The van der Waals surface area contributed by atoms with Gasteiger partial charge >= 0.3 is 5.97 Å². The third-order valence-electron chi connectivity index (χ3n) is 16.2. The van der Waals surface area contributed by atoms with Crippen LogP contribution in [0.1, 0.15) is 75.2 Å². The van der Waals surface area contributed by atoms with E-state index in [1.54, 1.807) is 49.6 Å². The van der Waals surface area contributed by atoms with Crippen molar-refractivity contribution in [2.24, 2.45) is 11.8 Å². The number of benzene rings is 7. The van der Waals surface area contributed by atoms with E-state index in [2.05, 4.69) is 39.1 Å². The Bertz CT molecular complexity index is 4210. The highest BCUT2D eigenvalue weighted by molar-refractivity contribution is 6.10. The molecule has 0 unspecified atom stereocenters. The zero-order chi connectivity index (χ0) is 60.2. The maximum Gasteiger partial charge on any atom is 0.336 e. The Hall–Kier alpha value is -10.2. The van der Waals surface area contributed by atoms with Crippen molar-refractivity contribution in [2.75, 3.05) is 33.4 Å². The fraction of sp³-hybridized carbons (Fsp3) is 0.254. The number of halogens is 2. The second-order valence-electron chi connectivity index (χ2n) is 21.9. The Kier molecular flexibility index (Phi) is 16.4. The van der Waals surface area contributed by atoms with Gasteiger partial charge in [0.05, 0.1) is 49.5 Å². The minimum absolute atomic E-state index is 0.0647. The van der Waals surface area contributed by atoms with Crippen molar-refractivity contribution < 1.29 is 56.9 Å². The monoisotopic (exact) mass is 1160 g/mol. The standard InChI is InChI=1S/C67H58F2N6O11/c1-84-49-16-20-50(43-13-21-57-55(28-43)51(22-24-71-57)65(81)73-36-61(78)75-37-67(68,69)33-46(75)34-70)58(32-49)85-25-23-45(27-39-8-9-40-4-2-3-5-42(40)26-39)74-64(80)41-10-6-38(7-11-41)35-72-63(79)44-12-17-52(66(82)83)56(29-44)62-53-18-14-47(76)30-59(53)86-60-31-48(77)15-19-54(60)62/h2-5,8-9,12-22,24,26,28-32,38,41,45-46,76H,6-7,10-11,23,25,27,33,35-37H2,1H3,(H,72,79)(H,73,81)(H,74,80)(H,82,83)/t38?,41?,45-,46-/m0/s1. The van der Waals surface area contributed by atoms with Gasteiger partial charge in [-0.2, -0.15) is 5.26 Å². The lowest BCUT2D eigenvalue weighted by Gasteiger charge is -2.29. The molecular weight excluding hydrogens is 1100 g/mol. The van der Waals surface area contributed by atoms with Gasteiger partial charge in [0.15, 0.2) is 5.43 Å². The number of nitriles is 1. The number of rotatable bonds is 18. The predicted octanol–water partition coefficient (Wildman–Crippen LogP) is 10.6. The van der Waals surface area contributed by atoms with Gasteiger partial charge in [0.25, 0.3) is 17.7 Å². The minimum atomic E-state index is -3.20. The number of ether oxygens (including phenoxy) is 2. The number of carbonyl (C=O) groups is 5. The van der Waals surface area contributed by atoms with Gasteiger partial charge in [-0.15, -0.1) is 0 Å². The molecule has 0 radical (unpaired) electrons. The van der Waals surface area contributed by atoms with Crippen molar-refractivity contribution in [1.29, 1.82) is 5.26 Å². The predicted molar refractivity (Wildman–Crippen MR) is 317 cm³/mol. The molecule has 1 saturated carbocycles. The van der Waals surface area contributed by atoms with Crippen LogP contribution in [0.25, 0.3) is 66.2 Å². The molecule has 4 amide bonds. The van der Waals surface area contributed by atoms with Gasteiger partial charge in [-0.3, -0.25) is 29.0 Å². The van der Waals surface area contributed by atoms with Crippen LogP contribution < -0.4 is 30.9 Å². The molecule has 1 aromatic heterocycles. The van der Waals surface area contributed by atoms with E-state index in [9.17, 15) is 53.0 Å². The number of likely N-dealkylation sites (tertiary alicyclic amines) is 1. The molecule has 436 valence electrons. The van der Waals surface area contributed by atoms with Crippen LogP contribution in [-0.2, 0) is 16.0 Å². The number of alkyl halides is 2. The lowest BCUT2D eigenvalue weighted by atomic mass is 9.81. The van der Waals surface area contributed by atoms with Gasteiger partial charge < -0.3 is 45.0 Å². The highest BCUT2D eigenvalue weighted by Gasteiger charge is 2.47. The number of aromatic hydroxyl groups is 1. The Morgan fingerprint density at radius 3 is 2.41 bits per heavy atom. The van der Waals surface area contributed by atoms with Crippen molar-refractivity contribution >= 4 is 62.2 Å². The van der Waals surface area contributed by atoms with Gasteiger partial charge in [0.2, 0.25) is 11.8 Å². The number of hydrogen-bond donors (Lipinski definition) is 5. The molecule has 11 rings (SSSR count). The number of phenolic OH excluding ortho intramolecular Hbond substituents is 1. The van der Waals surface area contributed by atoms with E-state index < -0.39 is 55.2 Å². The van der Waals surface area contributed by atoms with E-state index >= 15 is 0 Å². The summed E-state index contributed by atoms with van der Waals surface area (Å²) in [6, 6.07) is 39.5. The molecule has 0 bridgehead atoms. The summed E-state index contributed by atoms with van der Waals surface area (Å²) in [7, 11) is 1.54. The zero-order valence-electron chi connectivity index (χ0n) is 46.6. The van der Waals surface area contributed by atoms with E-state index in [0.29, 0.717) is 95.1 Å². The maximum absolute atomic E-state index is 14.3. The number of nitrogens with one attached hydrogen (secondary N) is 3. The highest BCUT2D eigenvalue weighted by atomic mass is 19.3. The number of hydrogen-bond acceptors (Lipinski definition) is 12. The molecular formula is C67H58F2N6O11. The number of methoxy groups -OCH3 is 1. The molecule has 17 nitrogen and oxygen atoms in total. The third-order valence-corrected chi connectivity index (χ3v) is 16.2. The summed E-state index contributed by atoms with van der Waals surface area (Å²) in [4.78, 5) is 85.0. The largest absolute Gasteiger partial charge is 0.508 e. The summed E-state index contributed by atoms with van der Waals surface area (Å²) in [6.45, 7) is -0.993. The van der Waals surface area contributed by atoms with Crippen LogP contribution in [0.2, 0.25) is 0 Å². The van der Waals surface area contributed by atoms with Gasteiger partial charge in [0.1, 0.15) is 34.6 Å². The number of aromatic carboxylic acids is 1. The number of pyridine rings is 1. The highest BCUT2D eigenvalue weighted by Crippen LogP contribution is 2.43. The number of aromatic nitrogens is 1. The second-order valence-corrected chi connectivity index (χ2v) is 21.9. The summed E-state index contributed by atoms with van der Waals surface area (Å²) in [5.74, 6) is -5.51. The number of carbonyl (C=O) groups excluding carboxylic acids is 4. The van der Waals surface area contributed by atoms with E-state index in [1.165, 1.54) is 54.7 Å². The van der Waals surface area contributed by atoms with E-state index in [1.807, 2.05) is 36.4 Å². The van der Waals surface area contributed by atoms with Crippen LogP contribution in [-0.4, -0.2) is 101 Å². The molecule has 5 N–H and O–H groups in total. The van der Waals surface area contributed by atoms with Crippen molar-refractivity contribution in [2.45, 2.75) is 63.0 Å². The number of carboxylic acids is 1. The quantitative estimate of drug-likeness (QED) is 0.0502. The van der Waals surface area contributed by atoms with E-state index in [0.717, 1.165) is 21.2 Å². The molecule has 2 aliphatic heterocycles. The van der Waals surface area contributed by atoms with Crippen molar-refractivity contribution in [3.63, 3.8) is 0 Å². The number of carboxylic acid groups (broad SMARTS) is 1. The van der Waals surface area contributed by atoms with Crippen LogP contribution in [0.5, 0.6) is 17.2 Å². The third kappa shape index (κ3) is 12.5. The molecule has 0 spiro atoms. The smallest absolute Gasteiger partial charge is 0.336 e. The summed E-state index contributed by atoms with van der Waals surface area (Å²) in [5.41, 5.74) is 4.15. The summed E-state index contributed by atoms with van der Waals surface area (Å²) in [5, 5.41) is 42.0. The summed E-state index contributed by atoms with van der Waals surface area (Å²) >= 11 is 0. The first kappa shape index (κ1) is 57.6. The Morgan fingerprint density at radius 1 is 0.814 bits per heavy atom. The zero-order valence-corrected chi connectivity index (χ0v) is 46.6. The summed E-state index contributed by atoms with van der Waals surface area (Å²) in [6.07, 6.45) is 4.11. The average molecular weight is 1160 g/mol. The van der Waals surface area contributed by atoms with E-state index in [-0.39, 0.29) is 75.2 Å². The molecule has 6 aromatic carbocycles. The van der Waals surface area contributed by atoms with Crippen LogP contribution in [0.4, 0.5) is 8.78 Å². The minimum Gasteiger partial charge on any atom is -0.508 e. The Morgan fingerprint density at radius 2 is 1.62 bits per heavy atom. The van der Waals surface area contributed by atoms with Crippen LogP contribution in [0.3, 0.4) is 0 Å². The van der Waals surface area contributed by atoms with Crippen molar-refractivity contribution in [1.82, 2.24) is 25.8 Å². The molecule has 86 heavy (non-hydrogen) atoms. The molecule has 2 fully saturated rings. The van der Waals surface area contributed by atoms with E-state index in [4.69, 9.17) is 13.9 Å². The van der Waals surface area contributed by atoms with Gasteiger partial charge in [-0.25, -0.2) is 13.6 Å². The molecule has 19 heteroatoms. The first-order valence-electron chi connectivity index (χ1n) is 28.2. The Labute approximate surface area is 491 Å². The van der Waals surface area contributed by atoms with Crippen LogP contribution >= 0.6 is 0 Å². The SMILES string of the molecule is COc1ccc(-c2ccc3nccc(C(=O)NCC(=O)N4CC(F)(F)C[C@H]4C#N)c3c2)c(OCC[C@@H](Cc2ccc3ccccc3c2)NC(=O)C2CCC(CNC(=O)c3ccc(C(=O)O)c(-c4c5ccc(=O)cc-5oc5cc(O)ccc45)c3)CC2)c1. The summed E-state index contributed by atoms with van der Waals surface area (Å²) < 4.78 is 46.4. The van der Waals surface area contributed by atoms with Gasteiger partial charge in [0, 0.05) is 88.8 Å². The molecule has 2 aliphatic carbocycles. The second kappa shape index (κ2) is 24.5. The number of phenols is 1. The van der Waals surface area contributed by atoms with Crippen molar-refractivity contribution in [3.05, 3.63) is 178 Å². The molecule has 3 heterocycles. The van der Waals surface area contributed by atoms with Crippen LogP contribution in [0.15, 0.2) is 155 Å². The molecule has 4 aliphatic rings. The fourth-order valence-electron chi connectivity index (χ4n) is 11.7.